The smallest absolute Gasteiger partial charge is 0.335 e. The van der Waals surface area contributed by atoms with Crippen LogP contribution in [0.2, 0.25) is 0 Å². The number of nitrogens with zero attached hydrogens (tertiary/aromatic N) is 1. The minimum Gasteiger partial charge on any atom is -0.478 e. The number of nitrogens with one attached hydrogen (secondary N) is 2. The van der Waals surface area contributed by atoms with Crippen molar-refractivity contribution in [2.45, 2.75) is 63.6 Å². The Bertz CT molecular complexity index is 1070. The minimum absolute atomic E-state index is 0.0487. The normalized spacial score (nSPS) is 18.0. The molecule has 4 rings (SSSR count). The average Bonchev–Trinajstić information content (AvgIpc) is 2.94. The Balaban J connectivity index is 1.33. The summed E-state index contributed by atoms with van der Waals surface area (Å²) in [6.07, 6.45) is 8.06. The Morgan fingerprint density at radius 1 is 0.921 bits per heavy atom. The first-order chi connectivity index (χ1) is 18.5. The number of thioether (sulfide) groups is 1. The molecule has 8 heteroatoms. The van der Waals surface area contributed by atoms with E-state index in [4.69, 9.17) is 0 Å². The van der Waals surface area contributed by atoms with Crippen LogP contribution in [-0.2, 0) is 11.3 Å². The molecule has 0 spiro atoms. The van der Waals surface area contributed by atoms with Crippen LogP contribution in [0.25, 0.3) is 0 Å². The van der Waals surface area contributed by atoms with Gasteiger partial charge in [-0.3, -0.25) is 14.5 Å². The van der Waals surface area contributed by atoms with Crippen LogP contribution in [0.15, 0.2) is 54.6 Å². The lowest BCUT2D eigenvalue weighted by Crippen LogP contribution is -2.53. The lowest BCUT2D eigenvalue weighted by molar-refractivity contribution is -0.123. The largest absolute Gasteiger partial charge is 0.478 e. The van der Waals surface area contributed by atoms with Crippen LogP contribution in [0.5, 0.6) is 0 Å². The van der Waals surface area contributed by atoms with Gasteiger partial charge >= 0.3 is 5.97 Å². The zero-order valence-electron chi connectivity index (χ0n) is 21.9. The molecular weight excluding hydrogens is 498 g/mol. The van der Waals surface area contributed by atoms with E-state index in [1.807, 2.05) is 6.07 Å². The lowest BCUT2D eigenvalue weighted by atomic mass is 9.91. The first-order valence-electron chi connectivity index (χ1n) is 13.8. The molecule has 2 aromatic carbocycles. The van der Waals surface area contributed by atoms with Gasteiger partial charge in [0, 0.05) is 37.0 Å². The summed E-state index contributed by atoms with van der Waals surface area (Å²) in [4.78, 5) is 40.1. The van der Waals surface area contributed by atoms with E-state index >= 15 is 0 Å². The van der Waals surface area contributed by atoms with Gasteiger partial charge in [-0.2, -0.15) is 11.8 Å². The van der Waals surface area contributed by atoms with E-state index in [2.05, 4.69) is 39.8 Å². The molecule has 1 saturated heterocycles. The zero-order chi connectivity index (χ0) is 26.7. The van der Waals surface area contributed by atoms with Crippen molar-refractivity contribution >= 4 is 29.5 Å². The number of rotatable bonds is 11. The van der Waals surface area contributed by atoms with Gasteiger partial charge in [-0.05, 0) is 61.1 Å². The second-order valence-electron chi connectivity index (χ2n) is 10.5. The summed E-state index contributed by atoms with van der Waals surface area (Å²) in [5, 5.41) is 15.4. The molecule has 38 heavy (non-hydrogen) atoms. The van der Waals surface area contributed by atoms with Gasteiger partial charge in [0.25, 0.3) is 5.91 Å². The van der Waals surface area contributed by atoms with Crippen LogP contribution >= 0.6 is 11.8 Å². The third kappa shape index (κ3) is 8.60. The number of carbonyl (C=O) groups excluding carboxylic acids is 2. The van der Waals surface area contributed by atoms with Crippen molar-refractivity contribution in [2.75, 3.05) is 24.6 Å². The molecule has 1 aliphatic carbocycles. The Morgan fingerprint density at radius 3 is 2.34 bits per heavy atom. The summed E-state index contributed by atoms with van der Waals surface area (Å²) in [5.74, 6) is 0.491. The number of likely N-dealkylation sites (tertiary alicyclic amines) is 1. The van der Waals surface area contributed by atoms with Crippen LogP contribution in [0.3, 0.4) is 0 Å². The third-order valence-electron chi connectivity index (χ3n) is 7.54. The third-order valence-corrected chi connectivity index (χ3v) is 8.82. The molecule has 0 aromatic heterocycles. The summed E-state index contributed by atoms with van der Waals surface area (Å²) in [7, 11) is 0. The fourth-order valence-corrected chi connectivity index (χ4v) is 6.58. The quantitative estimate of drug-likeness (QED) is 0.388. The predicted molar refractivity (Wildman–Crippen MR) is 151 cm³/mol. The van der Waals surface area contributed by atoms with Crippen molar-refractivity contribution in [1.29, 1.82) is 0 Å². The van der Waals surface area contributed by atoms with E-state index in [0.717, 1.165) is 38.2 Å². The van der Waals surface area contributed by atoms with Crippen LogP contribution in [0.1, 0.15) is 71.2 Å². The number of piperidine rings is 1. The molecule has 1 atom stereocenters. The number of carbonyl (C=O) groups is 3. The SMILES string of the molecule is O=C(O)c1cccc(C(=O)N[C@@H](CSCC2CCCCC2)C(=O)NC2CCN(Cc3ccccc3)CC2)c1. The summed E-state index contributed by atoms with van der Waals surface area (Å²) in [6, 6.07) is 15.7. The van der Waals surface area contributed by atoms with Crippen LogP contribution in [0.4, 0.5) is 0 Å². The standard InChI is InChI=1S/C30H39N3O4S/c34-28(24-12-7-13-25(18-24)30(36)37)32-27(21-38-20-23-10-5-2-6-11-23)29(35)31-26-14-16-33(17-15-26)19-22-8-3-1-4-9-22/h1,3-4,7-9,12-13,18,23,26-27H,2,5-6,10-11,14-17,19-21H2,(H,31,35)(H,32,34)(H,36,37)/t27-/m0/s1. The molecule has 3 N–H and O–H groups in total. The van der Waals surface area contributed by atoms with E-state index in [-0.39, 0.29) is 23.1 Å². The second-order valence-corrected chi connectivity index (χ2v) is 11.6. The van der Waals surface area contributed by atoms with Gasteiger partial charge in [0.1, 0.15) is 6.04 Å². The van der Waals surface area contributed by atoms with E-state index in [0.29, 0.717) is 11.7 Å². The van der Waals surface area contributed by atoms with Crippen molar-refractivity contribution in [3.05, 3.63) is 71.3 Å². The Morgan fingerprint density at radius 2 is 1.63 bits per heavy atom. The highest BCUT2D eigenvalue weighted by Crippen LogP contribution is 2.27. The number of carboxylic acid groups (broad SMARTS) is 1. The van der Waals surface area contributed by atoms with Gasteiger partial charge in [-0.15, -0.1) is 0 Å². The monoisotopic (exact) mass is 537 g/mol. The molecule has 0 bridgehead atoms. The number of hydrogen-bond acceptors (Lipinski definition) is 5. The topological polar surface area (TPSA) is 98.7 Å². The zero-order valence-corrected chi connectivity index (χ0v) is 22.8. The van der Waals surface area contributed by atoms with Crippen molar-refractivity contribution in [2.24, 2.45) is 5.92 Å². The summed E-state index contributed by atoms with van der Waals surface area (Å²) in [5.41, 5.74) is 1.58. The molecule has 204 valence electrons. The highest BCUT2D eigenvalue weighted by Gasteiger charge is 2.27. The van der Waals surface area contributed by atoms with Gasteiger partial charge in [-0.25, -0.2) is 4.79 Å². The van der Waals surface area contributed by atoms with Crippen LogP contribution in [0, 0.1) is 5.92 Å². The number of amides is 2. The van der Waals surface area contributed by atoms with E-state index in [1.54, 1.807) is 23.9 Å². The number of carboxylic acids is 1. The van der Waals surface area contributed by atoms with E-state index in [9.17, 15) is 19.5 Å². The van der Waals surface area contributed by atoms with Crippen LogP contribution in [-0.4, -0.2) is 64.5 Å². The molecule has 1 saturated carbocycles. The molecular formula is C30H39N3O4S. The number of aromatic carboxylic acids is 1. The maximum Gasteiger partial charge on any atom is 0.335 e. The van der Waals surface area contributed by atoms with Gasteiger partial charge in [-0.1, -0.05) is 55.7 Å². The summed E-state index contributed by atoms with van der Waals surface area (Å²) >= 11 is 1.73. The maximum atomic E-state index is 13.4. The summed E-state index contributed by atoms with van der Waals surface area (Å²) in [6.45, 7) is 2.73. The molecule has 2 aliphatic rings. The molecule has 2 fully saturated rings. The molecule has 2 aromatic rings. The van der Waals surface area contributed by atoms with Crippen molar-refractivity contribution in [3.8, 4) is 0 Å². The number of hydrogen-bond donors (Lipinski definition) is 3. The molecule has 7 nitrogen and oxygen atoms in total. The first kappa shape index (κ1) is 28.2. The summed E-state index contributed by atoms with van der Waals surface area (Å²) < 4.78 is 0. The Kier molecular flexibility index (Phi) is 10.6. The molecule has 0 radical (unpaired) electrons. The first-order valence-corrected chi connectivity index (χ1v) is 14.9. The lowest BCUT2D eigenvalue weighted by Gasteiger charge is -2.33. The second kappa shape index (κ2) is 14.4. The highest BCUT2D eigenvalue weighted by molar-refractivity contribution is 7.99. The van der Waals surface area contributed by atoms with Gasteiger partial charge < -0.3 is 15.7 Å². The minimum atomic E-state index is -1.09. The van der Waals surface area contributed by atoms with Crippen LogP contribution < -0.4 is 10.6 Å². The van der Waals surface area contributed by atoms with Gasteiger partial charge in [0.05, 0.1) is 5.56 Å². The molecule has 2 amide bonds. The fourth-order valence-electron chi connectivity index (χ4n) is 5.30. The van der Waals surface area contributed by atoms with Crippen molar-refractivity contribution < 1.29 is 19.5 Å². The van der Waals surface area contributed by atoms with Crippen molar-refractivity contribution in [1.82, 2.24) is 15.5 Å². The van der Waals surface area contributed by atoms with Crippen molar-refractivity contribution in [3.63, 3.8) is 0 Å². The fraction of sp³-hybridized carbons (Fsp3) is 0.500. The predicted octanol–water partition coefficient (Wildman–Crippen LogP) is 4.58. The Hall–Kier alpha value is -2.84. The highest BCUT2D eigenvalue weighted by atomic mass is 32.2. The average molecular weight is 538 g/mol. The Labute approximate surface area is 229 Å². The molecule has 1 aliphatic heterocycles. The number of benzene rings is 2. The van der Waals surface area contributed by atoms with E-state index < -0.39 is 17.9 Å². The molecule has 1 heterocycles. The molecule has 0 unspecified atom stereocenters. The van der Waals surface area contributed by atoms with Gasteiger partial charge in [0.2, 0.25) is 5.91 Å². The van der Waals surface area contributed by atoms with E-state index in [1.165, 1.54) is 49.8 Å². The maximum absolute atomic E-state index is 13.4. The van der Waals surface area contributed by atoms with Gasteiger partial charge in [0.15, 0.2) is 0 Å².